The highest BCUT2D eigenvalue weighted by molar-refractivity contribution is 7.89. The third kappa shape index (κ3) is 2.94. The van der Waals surface area contributed by atoms with Gasteiger partial charge < -0.3 is 5.73 Å². The van der Waals surface area contributed by atoms with E-state index in [0.717, 1.165) is 22.5 Å². The molecule has 0 saturated carbocycles. The summed E-state index contributed by atoms with van der Waals surface area (Å²) < 4.78 is 38.8. The molecule has 2 aromatic rings. The van der Waals surface area contributed by atoms with Crippen molar-refractivity contribution in [1.29, 1.82) is 0 Å². The van der Waals surface area contributed by atoms with Crippen LogP contribution in [0.25, 0.3) is 0 Å². The van der Waals surface area contributed by atoms with E-state index in [0.29, 0.717) is 5.69 Å². The molecule has 1 aromatic carbocycles. The summed E-state index contributed by atoms with van der Waals surface area (Å²) in [5, 5.41) is 0. The summed E-state index contributed by atoms with van der Waals surface area (Å²) in [5.74, 6) is -0.575. The van der Waals surface area contributed by atoms with Crippen LogP contribution in [0.1, 0.15) is 5.69 Å². The van der Waals surface area contributed by atoms with Gasteiger partial charge in [0.1, 0.15) is 10.7 Å². The zero-order valence-electron chi connectivity index (χ0n) is 10.8. The summed E-state index contributed by atoms with van der Waals surface area (Å²) in [7, 11) is -2.36. The number of nitrogen functional groups attached to an aromatic ring is 1. The first kappa shape index (κ1) is 14.4. The maximum Gasteiger partial charge on any atom is 0.245 e. The minimum absolute atomic E-state index is 0.111. The molecular formula is C13H14FN3O2S. The van der Waals surface area contributed by atoms with Crippen molar-refractivity contribution in [2.75, 3.05) is 12.8 Å². The van der Waals surface area contributed by atoms with Gasteiger partial charge in [-0.15, -0.1) is 0 Å². The number of anilines is 1. The zero-order valence-corrected chi connectivity index (χ0v) is 11.6. The molecule has 0 saturated heterocycles. The number of nitrogens with zero attached hydrogens (tertiary/aromatic N) is 2. The lowest BCUT2D eigenvalue weighted by atomic mass is 10.3. The Labute approximate surface area is 116 Å². The smallest absolute Gasteiger partial charge is 0.245 e. The van der Waals surface area contributed by atoms with Crippen LogP contribution in [0.15, 0.2) is 47.5 Å². The molecule has 7 heteroatoms. The maximum absolute atomic E-state index is 13.0. The minimum Gasteiger partial charge on any atom is -0.398 e. The lowest BCUT2D eigenvalue weighted by molar-refractivity contribution is 0.462. The highest BCUT2D eigenvalue weighted by atomic mass is 32.2. The van der Waals surface area contributed by atoms with Gasteiger partial charge in [-0.3, -0.25) is 4.98 Å². The molecule has 0 aliphatic heterocycles. The standard InChI is InChI=1S/C13H14FN3O2S/c1-17(9-11-4-2-3-7-16-11)20(18,19)13-6-5-10(14)8-12(13)15/h2-8H,9,15H2,1H3. The van der Waals surface area contributed by atoms with E-state index in [1.807, 2.05) is 0 Å². The normalized spacial score (nSPS) is 11.8. The molecule has 1 heterocycles. The number of hydrogen-bond acceptors (Lipinski definition) is 4. The summed E-state index contributed by atoms with van der Waals surface area (Å²) in [6.07, 6.45) is 1.59. The van der Waals surface area contributed by atoms with Gasteiger partial charge in [0.2, 0.25) is 10.0 Å². The van der Waals surface area contributed by atoms with Crippen LogP contribution in [0, 0.1) is 5.82 Å². The Kier molecular flexibility index (Phi) is 4.01. The highest BCUT2D eigenvalue weighted by Gasteiger charge is 2.23. The molecule has 5 nitrogen and oxygen atoms in total. The average molecular weight is 295 g/mol. The fraction of sp³-hybridized carbons (Fsp3) is 0.154. The quantitative estimate of drug-likeness (QED) is 0.870. The second-order valence-corrected chi connectivity index (χ2v) is 6.28. The molecule has 0 atom stereocenters. The average Bonchev–Trinajstić information content (AvgIpc) is 2.39. The highest BCUT2D eigenvalue weighted by Crippen LogP contribution is 2.23. The van der Waals surface area contributed by atoms with E-state index in [-0.39, 0.29) is 17.1 Å². The Hall–Kier alpha value is -1.99. The summed E-state index contributed by atoms with van der Waals surface area (Å²) in [6, 6.07) is 8.46. The van der Waals surface area contributed by atoms with Gasteiger partial charge >= 0.3 is 0 Å². The third-order valence-corrected chi connectivity index (χ3v) is 4.65. The van der Waals surface area contributed by atoms with Gasteiger partial charge in [-0.1, -0.05) is 6.07 Å². The van der Waals surface area contributed by atoms with E-state index >= 15 is 0 Å². The summed E-state index contributed by atoms with van der Waals surface area (Å²) in [6.45, 7) is 0.111. The Morgan fingerprint density at radius 1 is 1.30 bits per heavy atom. The number of hydrogen-bond donors (Lipinski definition) is 1. The molecule has 0 amide bonds. The van der Waals surface area contributed by atoms with Crippen molar-refractivity contribution in [3.63, 3.8) is 0 Å². The van der Waals surface area contributed by atoms with Gasteiger partial charge in [0.15, 0.2) is 0 Å². The number of pyridine rings is 1. The van der Waals surface area contributed by atoms with Gasteiger partial charge in [-0.25, -0.2) is 12.8 Å². The molecule has 0 fully saturated rings. The van der Waals surface area contributed by atoms with Crippen LogP contribution >= 0.6 is 0 Å². The number of halogens is 1. The van der Waals surface area contributed by atoms with Crippen molar-refractivity contribution in [3.8, 4) is 0 Å². The summed E-state index contributed by atoms with van der Waals surface area (Å²) in [5.41, 5.74) is 6.07. The van der Waals surface area contributed by atoms with Crippen LogP contribution in [-0.2, 0) is 16.6 Å². The second-order valence-electron chi connectivity index (χ2n) is 4.26. The Balaban J connectivity index is 2.30. The van der Waals surface area contributed by atoms with Crippen LogP contribution in [-0.4, -0.2) is 24.8 Å². The topological polar surface area (TPSA) is 76.3 Å². The van der Waals surface area contributed by atoms with E-state index in [9.17, 15) is 12.8 Å². The molecule has 20 heavy (non-hydrogen) atoms. The number of rotatable bonds is 4. The first-order chi connectivity index (χ1) is 9.41. The number of aromatic nitrogens is 1. The van der Waals surface area contributed by atoms with E-state index in [1.54, 1.807) is 24.4 Å². The van der Waals surface area contributed by atoms with Crippen molar-refractivity contribution in [1.82, 2.24) is 9.29 Å². The second kappa shape index (κ2) is 5.56. The first-order valence-corrected chi connectivity index (χ1v) is 7.26. The molecule has 106 valence electrons. The van der Waals surface area contributed by atoms with Crippen molar-refractivity contribution in [2.24, 2.45) is 0 Å². The van der Waals surface area contributed by atoms with E-state index in [1.165, 1.54) is 7.05 Å². The summed E-state index contributed by atoms with van der Waals surface area (Å²) >= 11 is 0. The van der Waals surface area contributed by atoms with Crippen LogP contribution < -0.4 is 5.73 Å². The van der Waals surface area contributed by atoms with Crippen LogP contribution in [0.3, 0.4) is 0 Å². The number of sulfonamides is 1. The number of benzene rings is 1. The third-order valence-electron chi connectivity index (χ3n) is 2.77. The van der Waals surface area contributed by atoms with Crippen molar-refractivity contribution in [3.05, 3.63) is 54.1 Å². The van der Waals surface area contributed by atoms with E-state index < -0.39 is 15.8 Å². The SMILES string of the molecule is CN(Cc1ccccn1)S(=O)(=O)c1ccc(F)cc1N. The lowest BCUT2D eigenvalue weighted by Crippen LogP contribution is -2.27. The van der Waals surface area contributed by atoms with Gasteiger partial charge in [-0.2, -0.15) is 4.31 Å². The molecule has 1 aromatic heterocycles. The van der Waals surface area contributed by atoms with E-state index in [2.05, 4.69) is 4.98 Å². The molecule has 0 unspecified atom stereocenters. The molecular weight excluding hydrogens is 281 g/mol. The number of nitrogens with two attached hydrogens (primary N) is 1. The van der Waals surface area contributed by atoms with Crippen molar-refractivity contribution < 1.29 is 12.8 Å². The zero-order chi connectivity index (χ0) is 14.8. The first-order valence-electron chi connectivity index (χ1n) is 5.82. The fourth-order valence-electron chi connectivity index (χ4n) is 1.73. The predicted molar refractivity (Wildman–Crippen MR) is 73.7 cm³/mol. The van der Waals surface area contributed by atoms with Gasteiger partial charge in [0.25, 0.3) is 0 Å². The van der Waals surface area contributed by atoms with Crippen LogP contribution in [0.5, 0.6) is 0 Å². The van der Waals surface area contributed by atoms with Crippen molar-refractivity contribution >= 4 is 15.7 Å². The monoisotopic (exact) mass is 295 g/mol. The maximum atomic E-state index is 13.0. The fourth-order valence-corrected chi connectivity index (χ4v) is 2.96. The molecule has 2 N–H and O–H groups in total. The van der Waals surface area contributed by atoms with E-state index in [4.69, 9.17) is 5.73 Å². The molecule has 0 spiro atoms. The Bertz CT molecular complexity index is 705. The van der Waals surface area contributed by atoms with Gasteiger partial charge in [0, 0.05) is 13.2 Å². The molecule has 2 rings (SSSR count). The van der Waals surface area contributed by atoms with Crippen LogP contribution in [0.4, 0.5) is 10.1 Å². The minimum atomic E-state index is -3.78. The molecule has 0 aliphatic carbocycles. The molecule has 0 radical (unpaired) electrons. The predicted octanol–water partition coefficient (Wildman–Crippen LogP) is 1.62. The summed E-state index contributed by atoms with van der Waals surface area (Å²) in [4.78, 5) is 3.95. The van der Waals surface area contributed by atoms with Crippen molar-refractivity contribution in [2.45, 2.75) is 11.4 Å². The van der Waals surface area contributed by atoms with Crippen LogP contribution in [0.2, 0.25) is 0 Å². The lowest BCUT2D eigenvalue weighted by Gasteiger charge is -2.17. The Morgan fingerprint density at radius 3 is 2.65 bits per heavy atom. The van der Waals surface area contributed by atoms with Gasteiger partial charge in [0.05, 0.1) is 17.9 Å². The Morgan fingerprint density at radius 2 is 2.05 bits per heavy atom. The molecule has 0 aliphatic rings. The largest absolute Gasteiger partial charge is 0.398 e. The molecule has 0 bridgehead atoms. The van der Waals surface area contributed by atoms with Gasteiger partial charge in [-0.05, 0) is 30.3 Å².